The smallest absolute Gasteiger partial charge is 0.394 e. The van der Waals surface area contributed by atoms with Crippen LogP contribution in [0, 0.1) is 0 Å². The summed E-state index contributed by atoms with van der Waals surface area (Å²) in [5.74, 6) is 0. The summed E-state index contributed by atoms with van der Waals surface area (Å²) in [6, 6.07) is 0. The SMILES string of the molecule is O=C[C@@H](OP(=O)(O)O)[C@H](OP(=O)(O)O)[C@H](O)[C@@H](O)CO. The van der Waals surface area contributed by atoms with E-state index >= 15 is 0 Å². The third kappa shape index (κ3) is 7.53. The summed E-state index contributed by atoms with van der Waals surface area (Å²) < 4.78 is 29.2. The van der Waals surface area contributed by atoms with Gasteiger partial charge in [-0.2, -0.15) is 0 Å². The third-order valence-electron chi connectivity index (χ3n) is 1.89. The number of aldehydes is 1. The van der Waals surface area contributed by atoms with Crippen molar-refractivity contribution in [3.05, 3.63) is 0 Å². The van der Waals surface area contributed by atoms with Crippen molar-refractivity contribution in [3.63, 3.8) is 0 Å². The highest BCUT2D eigenvalue weighted by molar-refractivity contribution is 7.46. The maximum absolute atomic E-state index is 10.7. The minimum absolute atomic E-state index is 0.299. The number of rotatable bonds is 9. The van der Waals surface area contributed by atoms with Gasteiger partial charge in [-0.1, -0.05) is 0 Å². The summed E-state index contributed by atoms with van der Waals surface area (Å²) in [5, 5.41) is 27.2. The van der Waals surface area contributed by atoms with Gasteiger partial charge in [0.05, 0.1) is 6.61 Å². The van der Waals surface area contributed by atoms with Crippen LogP contribution in [0.25, 0.3) is 0 Å². The highest BCUT2D eigenvalue weighted by atomic mass is 31.2. The molecule has 0 aromatic rings. The number of aliphatic hydroxyl groups is 3. The second-order valence-electron chi connectivity index (χ2n) is 3.50. The topological polar surface area (TPSA) is 211 Å². The molecule has 0 rings (SSSR count). The Kier molecular flexibility index (Phi) is 7.60. The molecule has 0 heterocycles. The summed E-state index contributed by atoms with van der Waals surface area (Å²) in [6.07, 6.45) is -9.21. The highest BCUT2D eigenvalue weighted by Crippen LogP contribution is 2.43. The molecule has 0 unspecified atom stereocenters. The molecular weight excluding hydrogens is 326 g/mol. The number of hydrogen-bond donors (Lipinski definition) is 7. The quantitative estimate of drug-likeness (QED) is 0.164. The Labute approximate surface area is 112 Å². The molecule has 0 fully saturated rings. The number of aliphatic hydroxyl groups excluding tert-OH is 3. The average molecular weight is 340 g/mol. The van der Waals surface area contributed by atoms with Crippen LogP contribution in [0.3, 0.4) is 0 Å². The van der Waals surface area contributed by atoms with Crippen LogP contribution in [0.5, 0.6) is 0 Å². The largest absolute Gasteiger partial charge is 0.470 e. The summed E-state index contributed by atoms with van der Waals surface area (Å²) >= 11 is 0. The summed E-state index contributed by atoms with van der Waals surface area (Å²) in [5.41, 5.74) is 0. The van der Waals surface area contributed by atoms with Crippen LogP contribution in [0.15, 0.2) is 0 Å². The van der Waals surface area contributed by atoms with E-state index in [1.54, 1.807) is 0 Å². The molecule has 0 saturated heterocycles. The summed E-state index contributed by atoms with van der Waals surface area (Å²) in [7, 11) is -10.6. The van der Waals surface area contributed by atoms with Crippen LogP contribution in [-0.2, 0) is 23.0 Å². The number of carbonyl (C=O) groups is 1. The lowest BCUT2D eigenvalue weighted by Crippen LogP contribution is -2.48. The molecular formula is C6H14O12P2. The zero-order chi connectivity index (χ0) is 16.1. The second-order valence-corrected chi connectivity index (χ2v) is 5.88. The molecule has 7 N–H and O–H groups in total. The van der Waals surface area contributed by atoms with Gasteiger partial charge in [0.15, 0.2) is 12.4 Å². The number of phosphoric acid groups is 2. The minimum Gasteiger partial charge on any atom is -0.394 e. The maximum Gasteiger partial charge on any atom is 0.470 e. The van der Waals surface area contributed by atoms with Gasteiger partial charge in [-0.05, 0) is 0 Å². The van der Waals surface area contributed by atoms with Gasteiger partial charge in [0.2, 0.25) is 0 Å². The van der Waals surface area contributed by atoms with E-state index in [1.807, 2.05) is 0 Å². The van der Waals surface area contributed by atoms with Gasteiger partial charge in [-0.15, -0.1) is 0 Å². The van der Waals surface area contributed by atoms with Gasteiger partial charge >= 0.3 is 15.6 Å². The van der Waals surface area contributed by atoms with Crippen molar-refractivity contribution in [2.24, 2.45) is 0 Å². The van der Waals surface area contributed by atoms with E-state index in [2.05, 4.69) is 9.05 Å². The van der Waals surface area contributed by atoms with Gasteiger partial charge in [-0.3, -0.25) is 9.05 Å². The number of phosphoric ester groups is 2. The second kappa shape index (κ2) is 7.69. The van der Waals surface area contributed by atoms with Crippen LogP contribution in [0.4, 0.5) is 0 Å². The fraction of sp³-hybridized carbons (Fsp3) is 0.833. The number of hydrogen-bond acceptors (Lipinski definition) is 8. The molecule has 0 saturated carbocycles. The van der Waals surface area contributed by atoms with E-state index in [-0.39, 0.29) is 6.29 Å². The third-order valence-corrected chi connectivity index (χ3v) is 2.93. The predicted octanol–water partition coefficient (Wildman–Crippen LogP) is -3.14. The standard InChI is InChI=1S/C6H14O12P2/c7-1-3(9)5(10)6(18-20(14,15)16)4(2-8)17-19(11,12)13/h2-7,9-10H,1H2,(H2,11,12,13)(H2,14,15,16)/t3-,4+,5+,6-/m0/s1. The maximum atomic E-state index is 10.7. The van der Waals surface area contributed by atoms with Gasteiger partial charge in [0.25, 0.3) is 0 Å². The predicted molar refractivity (Wildman–Crippen MR) is 59.0 cm³/mol. The Bertz CT molecular complexity index is 399. The van der Waals surface area contributed by atoms with E-state index in [9.17, 15) is 19.0 Å². The van der Waals surface area contributed by atoms with Crippen LogP contribution in [-0.4, -0.2) is 72.2 Å². The Morgan fingerprint density at radius 2 is 1.45 bits per heavy atom. The first kappa shape index (κ1) is 19.8. The first-order valence-electron chi connectivity index (χ1n) is 4.81. The zero-order valence-corrected chi connectivity index (χ0v) is 11.4. The Morgan fingerprint density at radius 3 is 1.75 bits per heavy atom. The van der Waals surface area contributed by atoms with Gasteiger partial charge in [-0.25, -0.2) is 9.13 Å². The van der Waals surface area contributed by atoms with Crippen LogP contribution >= 0.6 is 15.6 Å². The van der Waals surface area contributed by atoms with E-state index in [0.29, 0.717) is 0 Å². The van der Waals surface area contributed by atoms with E-state index in [0.717, 1.165) is 0 Å². The Hall–Kier alpha value is -0.230. The van der Waals surface area contributed by atoms with Crippen molar-refractivity contribution in [1.29, 1.82) is 0 Å². The average Bonchev–Trinajstić information content (AvgIpc) is 2.29. The van der Waals surface area contributed by atoms with Crippen LogP contribution in [0.1, 0.15) is 0 Å². The van der Waals surface area contributed by atoms with Crippen molar-refractivity contribution >= 4 is 21.9 Å². The molecule has 4 atom stereocenters. The molecule has 12 nitrogen and oxygen atoms in total. The first-order chi connectivity index (χ1) is 8.91. The molecule has 0 radical (unpaired) electrons. The van der Waals surface area contributed by atoms with Crippen molar-refractivity contribution in [2.45, 2.75) is 24.4 Å². The van der Waals surface area contributed by atoms with E-state index in [4.69, 9.17) is 29.8 Å². The Balaban J connectivity index is 5.31. The molecule has 14 heteroatoms. The molecule has 120 valence electrons. The molecule has 0 aliphatic rings. The number of carbonyl (C=O) groups excluding carboxylic acids is 1. The van der Waals surface area contributed by atoms with Crippen LogP contribution in [0.2, 0.25) is 0 Å². The lowest BCUT2D eigenvalue weighted by Gasteiger charge is -2.29. The van der Waals surface area contributed by atoms with E-state index in [1.165, 1.54) is 0 Å². The molecule has 0 aliphatic heterocycles. The minimum atomic E-state index is -5.30. The monoisotopic (exact) mass is 340 g/mol. The fourth-order valence-corrected chi connectivity index (χ4v) is 2.17. The first-order valence-corrected chi connectivity index (χ1v) is 7.87. The molecule has 20 heavy (non-hydrogen) atoms. The van der Waals surface area contributed by atoms with E-state index < -0.39 is 46.7 Å². The van der Waals surface area contributed by atoms with Gasteiger partial charge in [0.1, 0.15) is 18.3 Å². The van der Waals surface area contributed by atoms with Gasteiger partial charge in [0, 0.05) is 0 Å². The molecule has 0 aromatic heterocycles. The highest BCUT2D eigenvalue weighted by Gasteiger charge is 2.41. The lowest BCUT2D eigenvalue weighted by atomic mass is 10.0. The van der Waals surface area contributed by atoms with Crippen LogP contribution < -0.4 is 0 Å². The normalized spacial score (nSPS) is 19.1. The summed E-state index contributed by atoms with van der Waals surface area (Å²) in [6.45, 7) is -1.08. The van der Waals surface area contributed by atoms with Crippen molar-refractivity contribution < 1.29 is 57.9 Å². The molecule has 0 bridgehead atoms. The fourth-order valence-electron chi connectivity index (χ4n) is 1.12. The molecule has 0 aromatic carbocycles. The molecule has 0 amide bonds. The van der Waals surface area contributed by atoms with Crippen molar-refractivity contribution in [1.82, 2.24) is 0 Å². The summed E-state index contributed by atoms with van der Waals surface area (Å²) in [4.78, 5) is 44.9. The van der Waals surface area contributed by atoms with Crippen molar-refractivity contribution in [3.8, 4) is 0 Å². The Morgan fingerprint density at radius 1 is 1.00 bits per heavy atom. The zero-order valence-electron chi connectivity index (χ0n) is 9.66. The van der Waals surface area contributed by atoms with Crippen molar-refractivity contribution in [2.75, 3.05) is 6.61 Å². The molecule has 0 spiro atoms. The van der Waals surface area contributed by atoms with Gasteiger partial charge < -0.3 is 39.7 Å². The molecule has 0 aliphatic carbocycles. The lowest BCUT2D eigenvalue weighted by molar-refractivity contribution is -0.133.